The highest BCUT2D eigenvalue weighted by atomic mass is 16.6. The molecule has 0 bridgehead atoms. The minimum Gasteiger partial charge on any atom is -0.502 e. The van der Waals surface area contributed by atoms with Crippen LogP contribution in [-0.2, 0) is 18.0 Å². The van der Waals surface area contributed by atoms with Gasteiger partial charge in [0, 0.05) is 0 Å². The molecule has 0 aliphatic rings. The summed E-state index contributed by atoms with van der Waals surface area (Å²) in [4.78, 5) is 12.6. The van der Waals surface area contributed by atoms with E-state index in [2.05, 4.69) is 0 Å². The Morgan fingerprint density at radius 3 is 1.63 bits per heavy atom. The lowest BCUT2D eigenvalue weighted by Crippen LogP contribution is -2.24. The summed E-state index contributed by atoms with van der Waals surface area (Å²) in [5.41, 5.74) is 1.47. The lowest BCUT2D eigenvalue weighted by Gasteiger charge is -2.20. The molecule has 0 aliphatic heterocycles. The minimum absolute atomic E-state index is 0.158. The molecule has 0 spiro atoms. The summed E-state index contributed by atoms with van der Waals surface area (Å²) in [5, 5.41) is 10.7. The zero-order valence-corrected chi connectivity index (χ0v) is 17.4. The molecular weight excluding hydrogens is 380 g/mol. The number of hydrogen-bond donors (Lipinski definition) is 1. The Labute approximate surface area is 176 Å². The van der Waals surface area contributed by atoms with E-state index in [0.29, 0.717) is 0 Å². The number of hydrogen-bond acceptors (Lipinski definition) is 5. The molecule has 0 fully saturated rings. The van der Waals surface area contributed by atoms with Crippen LogP contribution in [0.4, 0.5) is 0 Å². The van der Waals surface area contributed by atoms with Gasteiger partial charge in [0.05, 0.1) is 5.56 Å². The summed E-state index contributed by atoms with van der Waals surface area (Å²) in [6, 6.07) is 22.1. The number of ether oxygens (including phenoxy) is 3. The second kappa shape index (κ2) is 9.35. The van der Waals surface area contributed by atoms with Crippen LogP contribution in [-0.4, -0.2) is 16.7 Å². The van der Waals surface area contributed by atoms with Crippen LogP contribution in [0.25, 0.3) is 0 Å². The first-order valence-corrected chi connectivity index (χ1v) is 9.75. The highest BCUT2D eigenvalue weighted by Gasteiger charge is 2.22. The first kappa shape index (κ1) is 21.2. The van der Waals surface area contributed by atoms with Crippen molar-refractivity contribution in [1.82, 2.24) is 0 Å². The van der Waals surface area contributed by atoms with Gasteiger partial charge in [0.1, 0.15) is 18.8 Å². The Hall–Kier alpha value is -3.47. The predicted octanol–water partition coefficient (Wildman–Crippen LogP) is 5.51. The topological polar surface area (TPSA) is 65.0 Å². The van der Waals surface area contributed by atoms with Crippen LogP contribution >= 0.6 is 0 Å². The van der Waals surface area contributed by atoms with E-state index in [-0.39, 0.29) is 36.0 Å². The quantitative estimate of drug-likeness (QED) is 0.525. The van der Waals surface area contributed by atoms with Gasteiger partial charge < -0.3 is 19.3 Å². The summed E-state index contributed by atoms with van der Waals surface area (Å²) in [5.74, 6) is -0.360. The van der Waals surface area contributed by atoms with Gasteiger partial charge in [0.15, 0.2) is 11.5 Å². The van der Waals surface area contributed by atoms with Crippen LogP contribution in [0.5, 0.6) is 17.2 Å². The molecule has 0 heterocycles. The normalized spacial score (nSPS) is 11.0. The van der Waals surface area contributed by atoms with Gasteiger partial charge in [0.2, 0.25) is 5.75 Å². The number of rotatable bonds is 7. The van der Waals surface area contributed by atoms with Gasteiger partial charge in [0.25, 0.3) is 0 Å². The van der Waals surface area contributed by atoms with Crippen molar-refractivity contribution < 1.29 is 24.1 Å². The molecule has 3 rings (SSSR count). The Balaban J connectivity index is 1.86. The molecule has 0 unspecified atom stereocenters. The molecule has 1 N–H and O–H groups in total. The van der Waals surface area contributed by atoms with E-state index in [1.807, 2.05) is 60.7 Å². The van der Waals surface area contributed by atoms with Crippen LogP contribution in [0.2, 0.25) is 0 Å². The number of carbonyl (C=O) groups is 1. The Bertz CT molecular complexity index is 911. The summed E-state index contributed by atoms with van der Waals surface area (Å²) < 4.78 is 17.1. The monoisotopic (exact) mass is 406 g/mol. The SMILES string of the molecule is CC(C)(C)OC(=O)c1cc(OCc2ccccc2)c(O)c(OCc2ccccc2)c1. The third-order valence-electron chi connectivity index (χ3n) is 4.15. The molecule has 0 amide bonds. The van der Waals surface area contributed by atoms with Crippen molar-refractivity contribution in [3.63, 3.8) is 0 Å². The summed E-state index contributed by atoms with van der Waals surface area (Å²) in [6.45, 7) is 5.87. The Morgan fingerprint density at radius 1 is 0.800 bits per heavy atom. The summed E-state index contributed by atoms with van der Waals surface area (Å²) in [6.07, 6.45) is 0. The van der Waals surface area contributed by atoms with Crippen LogP contribution in [0.3, 0.4) is 0 Å². The molecule has 30 heavy (non-hydrogen) atoms. The van der Waals surface area contributed by atoms with Gasteiger partial charge >= 0.3 is 5.97 Å². The maximum absolute atomic E-state index is 12.6. The van der Waals surface area contributed by atoms with E-state index in [1.165, 1.54) is 12.1 Å². The summed E-state index contributed by atoms with van der Waals surface area (Å²) >= 11 is 0. The summed E-state index contributed by atoms with van der Waals surface area (Å²) in [7, 11) is 0. The highest BCUT2D eigenvalue weighted by Crippen LogP contribution is 2.39. The van der Waals surface area contributed by atoms with Gasteiger partial charge in [-0.3, -0.25) is 0 Å². The van der Waals surface area contributed by atoms with Crippen molar-refractivity contribution in [1.29, 1.82) is 0 Å². The molecule has 3 aromatic rings. The van der Waals surface area contributed by atoms with E-state index >= 15 is 0 Å². The van der Waals surface area contributed by atoms with Gasteiger partial charge in [-0.25, -0.2) is 4.79 Å². The van der Waals surface area contributed by atoms with Gasteiger partial charge in [-0.2, -0.15) is 0 Å². The number of carbonyl (C=O) groups excluding carboxylic acids is 1. The third kappa shape index (κ3) is 6.01. The second-order valence-electron chi connectivity index (χ2n) is 7.87. The van der Waals surface area contributed by atoms with Gasteiger partial charge in [-0.15, -0.1) is 0 Å². The molecule has 0 saturated heterocycles. The molecule has 0 radical (unpaired) electrons. The zero-order valence-electron chi connectivity index (χ0n) is 17.4. The van der Waals surface area contributed by atoms with Crippen molar-refractivity contribution in [3.8, 4) is 17.2 Å². The maximum atomic E-state index is 12.6. The molecular formula is C25H26O5. The molecule has 156 valence electrons. The maximum Gasteiger partial charge on any atom is 0.338 e. The van der Waals surface area contributed by atoms with Crippen molar-refractivity contribution in [2.24, 2.45) is 0 Å². The van der Waals surface area contributed by atoms with Crippen molar-refractivity contribution in [3.05, 3.63) is 89.5 Å². The van der Waals surface area contributed by atoms with Crippen LogP contribution in [0.15, 0.2) is 72.8 Å². The predicted molar refractivity (Wildman–Crippen MR) is 115 cm³/mol. The molecule has 0 aliphatic carbocycles. The Kier molecular flexibility index (Phi) is 6.62. The molecule has 5 heteroatoms. The van der Waals surface area contributed by atoms with Crippen LogP contribution in [0.1, 0.15) is 42.3 Å². The fraction of sp³-hybridized carbons (Fsp3) is 0.240. The Morgan fingerprint density at radius 2 is 1.23 bits per heavy atom. The fourth-order valence-electron chi connectivity index (χ4n) is 2.73. The highest BCUT2D eigenvalue weighted by molar-refractivity contribution is 5.91. The lowest BCUT2D eigenvalue weighted by atomic mass is 10.1. The van der Waals surface area contributed by atoms with E-state index in [1.54, 1.807) is 20.8 Å². The molecule has 5 nitrogen and oxygen atoms in total. The third-order valence-corrected chi connectivity index (χ3v) is 4.15. The molecule has 0 atom stereocenters. The van der Waals surface area contributed by atoms with Gasteiger partial charge in [-0.05, 0) is 44.0 Å². The van der Waals surface area contributed by atoms with Crippen molar-refractivity contribution >= 4 is 5.97 Å². The molecule has 0 aromatic heterocycles. The second-order valence-corrected chi connectivity index (χ2v) is 7.87. The standard InChI is InChI=1S/C25H26O5/c1-25(2,3)30-24(27)20-14-21(28-16-18-10-6-4-7-11-18)23(26)22(15-20)29-17-19-12-8-5-9-13-19/h4-15,26H,16-17H2,1-3H3. The fourth-order valence-corrected chi connectivity index (χ4v) is 2.73. The zero-order chi connectivity index (χ0) is 21.6. The number of aromatic hydroxyl groups is 1. The largest absolute Gasteiger partial charge is 0.502 e. The van der Waals surface area contributed by atoms with Crippen molar-refractivity contribution in [2.45, 2.75) is 39.6 Å². The minimum atomic E-state index is -0.648. The first-order valence-electron chi connectivity index (χ1n) is 9.75. The van der Waals surface area contributed by atoms with Crippen LogP contribution < -0.4 is 9.47 Å². The molecule has 0 saturated carbocycles. The van der Waals surface area contributed by atoms with E-state index in [4.69, 9.17) is 14.2 Å². The average Bonchev–Trinajstić information content (AvgIpc) is 2.72. The number of benzene rings is 3. The number of phenols is 1. The van der Waals surface area contributed by atoms with Gasteiger partial charge in [-0.1, -0.05) is 60.7 Å². The lowest BCUT2D eigenvalue weighted by molar-refractivity contribution is 0.00685. The van der Waals surface area contributed by atoms with E-state index in [0.717, 1.165) is 11.1 Å². The number of phenolic OH excluding ortho intramolecular Hbond substituents is 1. The van der Waals surface area contributed by atoms with E-state index < -0.39 is 11.6 Å². The first-order chi connectivity index (χ1) is 14.3. The average molecular weight is 406 g/mol. The smallest absolute Gasteiger partial charge is 0.338 e. The van der Waals surface area contributed by atoms with Crippen molar-refractivity contribution in [2.75, 3.05) is 0 Å². The van der Waals surface area contributed by atoms with E-state index in [9.17, 15) is 9.90 Å². The number of esters is 1. The molecule has 3 aromatic carbocycles. The van der Waals surface area contributed by atoms with Crippen LogP contribution in [0, 0.1) is 0 Å².